The molecule has 0 fully saturated rings. The average Bonchev–Trinajstić information content (AvgIpc) is 2.37. The van der Waals surface area contributed by atoms with E-state index in [1.807, 2.05) is 0 Å². The molecule has 1 unspecified atom stereocenters. The van der Waals surface area contributed by atoms with E-state index in [-0.39, 0.29) is 0 Å². The Morgan fingerprint density at radius 3 is 3.00 bits per heavy atom. The zero-order chi connectivity index (χ0) is 12.1. The molecule has 1 N–H and O–H groups in total. The van der Waals surface area contributed by atoms with Crippen molar-refractivity contribution in [3.63, 3.8) is 0 Å². The minimum atomic E-state index is 0.426. The summed E-state index contributed by atoms with van der Waals surface area (Å²) in [5, 5.41) is 3.50. The number of alkyl halides is 1. The van der Waals surface area contributed by atoms with Gasteiger partial charge in [-0.2, -0.15) is 0 Å². The van der Waals surface area contributed by atoms with E-state index in [0.717, 1.165) is 37.4 Å². The van der Waals surface area contributed by atoms with E-state index < -0.39 is 0 Å². The summed E-state index contributed by atoms with van der Waals surface area (Å²) in [5.74, 6) is 1.77. The summed E-state index contributed by atoms with van der Waals surface area (Å²) < 4.78 is 0. The summed E-state index contributed by atoms with van der Waals surface area (Å²) in [6.45, 7) is 2.18. The third-order valence-corrected chi connectivity index (χ3v) is 3.55. The molecular formula is C13H20ClN3. The van der Waals surface area contributed by atoms with Gasteiger partial charge in [-0.05, 0) is 45.4 Å². The first-order chi connectivity index (χ1) is 8.31. The molecule has 2 rings (SSSR count). The van der Waals surface area contributed by atoms with Gasteiger partial charge < -0.3 is 5.32 Å². The lowest BCUT2D eigenvalue weighted by molar-refractivity contribution is 0.652. The Morgan fingerprint density at radius 2 is 2.18 bits per heavy atom. The van der Waals surface area contributed by atoms with Gasteiger partial charge in [0.05, 0.1) is 0 Å². The first kappa shape index (κ1) is 12.6. The van der Waals surface area contributed by atoms with Gasteiger partial charge in [0.15, 0.2) is 0 Å². The van der Waals surface area contributed by atoms with Crippen LogP contribution < -0.4 is 5.32 Å². The van der Waals surface area contributed by atoms with Crippen LogP contribution in [0.25, 0.3) is 0 Å². The molecule has 0 saturated carbocycles. The van der Waals surface area contributed by atoms with Crippen molar-refractivity contribution in [1.29, 1.82) is 0 Å². The maximum atomic E-state index is 5.71. The zero-order valence-electron chi connectivity index (χ0n) is 10.4. The van der Waals surface area contributed by atoms with E-state index in [2.05, 4.69) is 22.2 Å². The Kier molecular flexibility index (Phi) is 4.60. The fourth-order valence-corrected chi connectivity index (χ4v) is 2.49. The lowest BCUT2D eigenvalue weighted by atomic mass is 9.96. The van der Waals surface area contributed by atoms with Crippen LogP contribution >= 0.6 is 11.6 Å². The summed E-state index contributed by atoms with van der Waals surface area (Å²) >= 11 is 5.71. The summed E-state index contributed by atoms with van der Waals surface area (Å²) in [4.78, 5) is 8.76. The summed E-state index contributed by atoms with van der Waals surface area (Å²) in [6.07, 6.45) is 8.53. The number of nitrogens with one attached hydrogen (secondary N) is 1. The van der Waals surface area contributed by atoms with Gasteiger partial charge in [0.2, 0.25) is 0 Å². The molecule has 1 aliphatic carbocycles. The van der Waals surface area contributed by atoms with Gasteiger partial charge in [-0.15, -0.1) is 11.6 Å². The quantitative estimate of drug-likeness (QED) is 0.819. The molecular weight excluding hydrogens is 234 g/mol. The molecule has 0 radical (unpaired) electrons. The maximum Gasteiger partial charge on any atom is 0.133 e. The fraction of sp³-hybridized carbons (Fsp3) is 0.692. The van der Waals surface area contributed by atoms with Crippen LogP contribution in [0.2, 0.25) is 0 Å². The summed E-state index contributed by atoms with van der Waals surface area (Å²) in [6, 6.07) is 0.426. The van der Waals surface area contributed by atoms with E-state index in [9.17, 15) is 0 Å². The molecule has 0 spiro atoms. The Bertz CT molecular complexity index is 368. The molecule has 94 valence electrons. The lowest BCUT2D eigenvalue weighted by Crippen LogP contribution is -2.19. The highest BCUT2D eigenvalue weighted by Crippen LogP contribution is 2.25. The van der Waals surface area contributed by atoms with Crippen molar-refractivity contribution in [2.75, 3.05) is 11.2 Å². The van der Waals surface area contributed by atoms with Gasteiger partial charge >= 0.3 is 0 Å². The molecule has 0 aliphatic heterocycles. The second-order valence-electron chi connectivity index (χ2n) is 4.73. The van der Waals surface area contributed by atoms with Gasteiger partial charge in [-0.3, -0.25) is 0 Å². The van der Waals surface area contributed by atoms with Crippen molar-refractivity contribution in [2.45, 2.75) is 51.5 Å². The number of hydrogen-bond donors (Lipinski definition) is 1. The average molecular weight is 254 g/mol. The van der Waals surface area contributed by atoms with Crippen molar-refractivity contribution in [3.05, 3.63) is 17.6 Å². The highest BCUT2D eigenvalue weighted by Gasteiger charge is 2.16. The van der Waals surface area contributed by atoms with Crippen molar-refractivity contribution < 1.29 is 0 Å². The van der Waals surface area contributed by atoms with Gasteiger partial charge in [-0.1, -0.05) is 0 Å². The second-order valence-corrected chi connectivity index (χ2v) is 5.11. The molecule has 17 heavy (non-hydrogen) atoms. The lowest BCUT2D eigenvalue weighted by Gasteiger charge is -2.20. The number of anilines is 1. The third-order valence-electron chi connectivity index (χ3n) is 3.28. The van der Waals surface area contributed by atoms with Crippen LogP contribution in [0.1, 0.15) is 43.9 Å². The van der Waals surface area contributed by atoms with Crippen molar-refractivity contribution in [1.82, 2.24) is 9.97 Å². The SMILES string of the molecule is CC(CCCCl)Nc1ncnc2c1CCCC2. The molecule has 1 atom stereocenters. The minimum Gasteiger partial charge on any atom is -0.367 e. The monoisotopic (exact) mass is 253 g/mol. The predicted molar refractivity (Wildman–Crippen MR) is 71.7 cm³/mol. The number of hydrogen-bond acceptors (Lipinski definition) is 3. The summed E-state index contributed by atoms with van der Waals surface area (Å²) in [5.41, 5.74) is 2.56. The smallest absolute Gasteiger partial charge is 0.133 e. The van der Waals surface area contributed by atoms with Gasteiger partial charge in [0.25, 0.3) is 0 Å². The predicted octanol–water partition coefficient (Wildman–Crippen LogP) is 3.17. The van der Waals surface area contributed by atoms with E-state index >= 15 is 0 Å². The van der Waals surface area contributed by atoms with Crippen LogP contribution in [0, 0.1) is 0 Å². The standard InChI is InChI=1S/C13H20ClN3/c1-10(5-4-8-14)17-13-11-6-2-3-7-12(11)15-9-16-13/h9-10H,2-8H2,1H3,(H,15,16,17). The Morgan fingerprint density at radius 1 is 1.35 bits per heavy atom. The Balaban J connectivity index is 2.05. The molecule has 0 bridgehead atoms. The van der Waals surface area contributed by atoms with Gasteiger partial charge in [0.1, 0.15) is 12.1 Å². The molecule has 1 heterocycles. The van der Waals surface area contributed by atoms with Gasteiger partial charge in [0, 0.05) is 23.2 Å². The minimum absolute atomic E-state index is 0.426. The van der Waals surface area contributed by atoms with E-state index in [0.29, 0.717) is 6.04 Å². The molecule has 0 saturated heterocycles. The van der Waals surface area contributed by atoms with Crippen LogP contribution in [-0.2, 0) is 12.8 Å². The highest BCUT2D eigenvalue weighted by molar-refractivity contribution is 6.17. The number of aromatic nitrogens is 2. The van der Waals surface area contributed by atoms with E-state index in [1.165, 1.54) is 24.1 Å². The molecule has 0 amide bonds. The van der Waals surface area contributed by atoms with Gasteiger partial charge in [-0.25, -0.2) is 9.97 Å². The number of fused-ring (bicyclic) bond motifs is 1. The molecule has 1 aromatic heterocycles. The second kappa shape index (κ2) is 6.20. The highest BCUT2D eigenvalue weighted by atomic mass is 35.5. The van der Waals surface area contributed by atoms with Crippen LogP contribution in [0.3, 0.4) is 0 Å². The number of halogens is 1. The van der Waals surface area contributed by atoms with Crippen molar-refractivity contribution in [2.24, 2.45) is 0 Å². The molecule has 4 heteroatoms. The molecule has 1 aromatic rings. The topological polar surface area (TPSA) is 37.8 Å². The third kappa shape index (κ3) is 3.32. The summed E-state index contributed by atoms with van der Waals surface area (Å²) in [7, 11) is 0. The molecule has 3 nitrogen and oxygen atoms in total. The molecule has 1 aliphatic rings. The zero-order valence-corrected chi connectivity index (χ0v) is 11.1. The van der Waals surface area contributed by atoms with Crippen LogP contribution in [0.4, 0.5) is 5.82 Å². The first-order valence-electron chi connectivity index (χ1n) is 6.46. The first-order valence-corrected chi connectivity index (χ1v) is 7.00. The normalized spacial score (nSPS) is 16.4. The Labute approximate surface area is 108 Å². The maximum absolute atomic E-state index is 5.71. The van der Waals surface area contributed by atoms with E-state index in [1.54, 1.807) is 6.33 Å². The van der Waals surface area contributed by atoms with Crippen molar-refractivity contribution >= 4 is 17.4 Å². The number of aryl methyl sites for hydroxylation is 1. The van der Waals surface area contributed by atoms with E-state index in [4.69, 9.17) is 11.6 Å². The van der Waals surface area contributed by atoms with Crippen LogP contribution in [0.5, 0.6) is 0 Å². The van der Waals surface area contributed by atoms with Crippen LogP contribution in [-0.4, -0.2) is 21.9 Å². The fourth-order valence-electron chi connectivity index (χ4n) is 2.33. The number of rotatable bonds is 5. The number of nitrogens with zero attached hydrogens (tertiary/aromatic N) is 2. The Hall–Kier alpha value is -0.830. The van der Waals surface area contributed by atoms with Crippen LogP contribution in [0.15, 0.2) is 6.33 Å². The van der Waals surface area contributed by atoms with Crippen molar-refractivity contribution in [3.8, 4) is 0 Å². The molecule has 0 aromatic carbocycles. The largest absolute Gasteiger partial charge is 0.367 e.